The number of rotatable bonds is 4. The molecule has 9 heteroatoms. The lowest BCUT2D eigenvalue weighted by Gasteiger charge is -2.34. The van der Waals surface area contributed by atoms with Gasteiger partial charge in [0.25, 0.3) is 11.7 Å². The molecule has 1 aromatic heterocycles. The van der Waals surface area contributed by atoms with Crippen molar-refractivity contribution in [2.45, 2.75) is 37.1 Å². The quantitative estimate of drug-likeness (QED) is 0.457. The van der Waals surface area contributed by atoms with Crippen molar-refractivity contribution in [1.82, 2.24) is 15.2 Å². The van der Waals surface area contributed by atoms with Crippen molar-refractivity contribution in [3.63, 3.8) is 0 Å². The number of aromatic nitrogens is 1. The van der Waals surface area contributed by atoms with Gasteiger partial charge >= 0.3 is 6.03 Å². The number of halogens is 2. The van der Waals surface area contributed by atoms with Gasteiger partial charge in [0.15, 0.2) is 11.5 Å². The van der Waals surface area contributed by atoms with Crippen LogP contribution < -0.4 is 5.32 Å². The summed E-state index contributed by atoms with van der Waals surface area (Å²) in [7, 11) is 0. The van der Waals surface area contributed by atoms with Gasteiger partial charge in [-0.1, -0.05) is 24.8 Å². The number of nitrogens with zero attached hydrogens (tertiary/aromatic N) is 3. The number of amides is 3. The van der Waals surface area contributed by atoms with E-state index >= 15 is 0 Å². The van der Waals surface area contributed by atoms with Gasteiger partial charge in [0.2, 0.25) is 5.92 Å². The molecule has 2 aliphatic rings. The van der Waals surface area contributed by atoms with Crippen molar-refractivity contribution in [3.05, 3.63) is 59.4 Å². The number of imide groups is 1. The molecule has 158 valence electrons. The molecule has 31 heavy (non-hydrogen) atoms. The zero-order valence-corrected chi connectivity index (χ0v) is 16.4. The van der Waals surface area contributed by atoms with Crippen LogP contribution in [-0.4, -0.2) is 45.6 Å². The summed E-state index contributed by atoms with van der Waals surface area (Å²) in [4.78, 5) is 46.0. The Morgan fingerprint density at radius 3 is 2.42 bits per heavy atom. The Bertz CT molecular complexity index is 1100. The molecule has 0 atom stereocenters. The van der Waals surface area contributed by atoms with Crippen molar-refractivity contribution in [2.75, 3.05) is 6.54 Å². The molecule has 2 fully saturated rings. The highest BCUT2D eigenvalue weighted by Gasteiger charge is 2.55. The average Bonchev–Trinajstić information content (AvgIpc) is 3.00. The number of carbonyl (C=O) groups excluding carboxylic acids is 3. The number of benzene rings is 1. The molecule has 0 radical (unpaired) electrons. The lowest BCUT2D eigenvalue weighted by atomic mass is 9.80. The normalized spacial score (nSPS) is 19.2. The number of alkyl halides is 2. The van der Waals surface area contributed by atoms with Gasteiger partial charge in [0.1, 0.15) is 5.54 Å². The first-order valence-electron chi connectivity index (χ1n) is 9.73. The highest BCUT2D eigenvalue weighted by molar-refractivity contribution is 6.11. The highest BCUT2D eigenvalue weighted by atomic mass is 19.3. The van der Waals surface area contributed by atoms with Crippen molar-refractivity contribution in [1.29, 1.82) is 0 Å². The van der Waals surface area contributed by atoms with Crippen molar-refractivity contribution in [2.24, 2.45) is 0 Å². The minimum absolute atomic E-state index is 0.152. The van der Waals surface area contributed by atoms with Crippen LogP contribution in [0, 0.1) is 6.57 Å². The fourth-order valence-corrected chi connectivity index (χ4v) is 3.91. The summed E-state index contributed by atoms with van der Waals surface area (Å²) in [5.74, 6) is -3.66. The van der Waals surface area contributed by atoms with Crippen LogP contribution in [0.5, 0.6) is 0 Å². The molecule has 4 rings (SSSR count). The fraction of sp³-hybridized carbons (Fsp3) is 0.318. The van der Waals surface area contributed by atoms with E-state index in [1.807, 2.05) is 0 Å². The summed E-state index contributed by atoms with van der Waals surface area (Å²) in [6.45, 7) is 6.58. The smallest absolute Gasteiger partial charge is 0.325 e. The van der Waals surface area contributed by atoms with Crippen LogP contribution in [0.2, 0.25) is 0 Å². The van der Waals surface area contributed by atoms with Gasteiger partial charge in [0, 0.05) is 24.0 Å². The van der Waals surface area contributed by atoms with Gasteiger partial charge in [-0.2, -0.15) is 0 Å². The number of Topliss-reactive ketones (excluding diaryl/α,β-unsaturated/α-hetero) is 1. The second-order valence-corrected chi connectivity index (χ2v) is 7.75. The highest BCUT2D eigenvalue weighted by Crippen LogP contribution is 2.41. The second kappa shape index (κ2) is 7.54. The van der Waals surface area contributed by atoms with E-state index in [1.54, 1.807) is 42.5 Å². The van der Waals surface area contributed by atoms with Crippen LogP contribution in [0.3, 0.4) is 0 Å². The number of nitrogens with one attached hydrogen (secondary N) is 1. The predicted molar refractivity (Wildman–Crippen MR) is 107 cm³/mol. The Hall–Kier alpha value is -3.67. The van der Waals surface area contributed by atoms with Crippen LogP contribution >= 0.6 is 0 Å². The maximum atomic E-state index is 13.5. The topological polar surface area (TPSA) is 83.7 Å². The average molecular weight is 424 g/mol. The first-order chi connectivity index (χ1) is 14.7. The first-order valence-corrected chi connectivity index (χ1v) is 9.73. The number of carbonyl (C=O) groups is 3. The molecule has 3 amide bonds. The largest absolute Gasteiger partial charge is 0.361 e. The number of hydrogen-bond donors (Lipinski definition) is 1. The molecule has 1 aromatic carbocycles. The predicted octanol–water partition coefficient (Wildman–Crippen LogP) is 3.98. The van der Waals surface area contributed by atoms with Crippen LogP contribution in [0.15, 0.2) is 42.5 Å². The van der Waals surface area contributed by atoms with E-state index in [0.29, 0.717) is 16.8 Å². The minimum atomic E-state index is -2.84. The van der Waals surface area contributed by atoms with E-state index in [4.69, 9.17) is 6.57 Å². The SMILES string of the molecule is [C-]#[N+]c1cccc(-c2ccc(C(=O)CN3C(=O)NC4(CCC(F)(F)CC4)C3=O)cc2)n1. The van der Waals surface area contributed by atoms with Gasteiger partial charge in [-0.15, -0.1) is 4.98 Å². The monoisotopic (exact) mass is 424 g/mol. The van der Waals surface area contributed by atoms with Crippen LogP contribution in [0.1, 0.15) is 36.0 Å². The van der Waals surface area contributed by atoms with Crippen molar-refractivity contribution in [3.8, 4) is 11.3 Å². The van der Waals surface area contributed by atoms with Crippen LogP contribution in [0.4, 0.5) is 19.4 Å². The lowest BCUT2D eigenvalue weighted by Crippen LogP contribution is -2.51. The fourth-order valence-electron chi connectivity index (χ4n) is 3.91. The molecular weight excluding hydrogens is 406 g/mol. The van der Waals surface area contributed by atoms with Gasteiger partial charge in [-0.05, 0) is 37.1 Å². The molecule has 7 nitrogen and oxygen atoms in total. The molecule has 2 heterocycles. The minimum Gasteiger partial charge on any atom is -0.361 e. The molecule has 1 spiro atoms. The third-order valence-corrected chi connectivity index (χ3v) is 5.73. The van der Waals surface area contributed by atoms with E-state index in [2.05, 4.69) is 15.1 Å². The molecule has 1 N–H and O–H groups in total. The molecule has 1 aliphatic carbocycles. The third-order valence-electron chi connectivity index (χ3n) is 5.73. The van der Waals surface area contributed by atoms with Gasteiger partial charge in [-0.3, -0.25) is 14.5 Å². The summed E-state index contributed by atoms with van der Waals surface area (Å²) in [6.07, 6.45) is -1.27. The molecule has 0 unspecified atom stereocenters. The zero-order chi connectivity index (χ0) is 22.2. The molecule has 2 aromatic rings. The lowest BCUT2D eigenvalue weighted by molar-refractivity contribution is -0.135. The summed E-state index contributed by atoms with van der Waals surface area (Å²) < 4.78 is 27.0. The molecule has 0 bridgehead atoms. The van der Waals surface area contributed by atoms with Crippen LogP contribution in [-0.2, 0) is 4.79 Å². The first kappa shape index (κ1) is 20.6. The van der Waals surface area contributed by atoms with Gasteiger partial charge in [0.05, 0.1) is 6.54 Å². The van der Waals surface area contributed by atoms with E-state index in [9.17, 15) is 23.2 Å². The number of ketones is 1. The van der Waals surface area contributed by atoms with E-state index in [1.165, 1.54) is 0 Å². The molecule has 1 saturated heterocycles. The summed E-state index contributed by atoms with van der Waals surface area (Å²) in [5, 5.41) is 2.52. The second-order valence-electron chi connectivity index (χ2n) is 7.75. The van der Waals surface area contributed by atoms with Gasteiger partial charge in [-0.25, -0.2) is 13.6 Å². The standard InChI is InChI=1S/C22H18F2N4O3/c1-25-18-4-2-3-16(26-18)14-5-7-15(8-6-14)17(29)13-28-19(30)21(27-20(28)31)9-11-22(23,24)12-10-21/h2-8H,9-13H2,(H,27,31). The molecule has 1 saturated carbocycles. The number of urea groups is 1. The molecular formula is C22H18F2N4O3. The molecule has 1 aliphatic heterocycles. The Morgan fingerprint density at radius 2 is 1.77 bits per heavy atom. The summed E-state index contributed by atoms with van der Waals surface area (Å²) in [6, 6.07) is 10.8. The maximum Gasteiger partial charge on any atom is 0.325 e. The van der Waals surface area contributed by atoms with Crippen molar-refractivity contribution >= 4 is 23.5 Å². The van der Waals surface area contributed by atoms with E-state index in [0.717, 1.165) is 4.90 Å². The van der Waals surface area contributed by atoms with Gasteiger partial charge < -0.3 is 10.2 Å². The maximum absolute atomic E-state index is 13.5. The Morgan fingerprint density at radius 1 is 1.10 bits per heavy atom. The summed E-state index contributed by atoms with van der Waals surface area (Å²) in [5.41, 5.74) is 0.237. The Labute approximate surface area is 176 Å². The third kappa shape index (κ3) is 3.89. The van der Waals surface area contributed by atoms with Crippen molar-refractivity contribution < 1.29 is 23.2 Å². The summed E-state index contributed by atoms with van der Waals surface area (Å²) >= 11 is 0. The number of hydrogen-bond acceptors (Lipinski definition) is 4. The van der Waals surface area contributed by atoms with E-state index < -0.39 is 48.6 Å². The number of pyridine rings is 1. The zero-order valence-electron chi connectivity index (χ0n) is 16.4. The van der Waals surface area contributed by atoms with E-state index in [-0.39, 0.29) is 18.7 Å². The Balaban J connectivity index is 1.46. The van der Waals surface area contributed by atoms with Crippen LogP contribution in [0.25, 0.3) is 16.1 Å². The Kier molecular flexibility index (Phi) is 5.01.